The van der Waals surface area contributed by atoms with Gasteiger partial charge in [0.2, 0.25) is 5.91 Å². The molecule has 1 fully saturated rings. The first kappa shape index (κ1) is 12.6. The standard InChI is InChI=1S/C13H17BrN2O/c1-9-8-15-13(2,3)12(17)16(9)11-7-5-4-6-10(11)14/h4-7,9,15H,8H2,1-3H3. The number of piperazine rings is 1. The first-order valence-electron chi connectivity index (χ1n) is 5.77. The van der Waals surface area contributed by atoms with Crippen LogP contribution >= 0.6 is 15.9 Å². The number of rotatable bonds is 1. The van der Waals surface area contributed by atoms with Gasteiger partial charge in [-0.15, -0.1) is 0 Å². The molecule has 0 bridgehead atoms. The number of halogens is 1. The van der Waals surface area contributed by atoms with E-state index in [1.165, 1.54) is 0 Å². The summed E-state index contributed by atoms with van der Waals surface area (Å²) in [5.41, 5.74) is 0.446. The quantitative estimate of drug-likeness (QED) is 0.864. The Morgan fingerprint density at radius 3 is 2.71 bits per heavy atom. The second-order valence-corrected chi connectivity index (χ2v) is 5.84. The van der Waals surface area contributed by atoms with Gasteiger partial charge in [-0.25, -0.2) is 0 Å². The first-order chi connectivity index (χ1) is 7.93. The molecule has 0 aliphatic carbocycles. The third kappa shape index (κ3) is 2.24. The molecule has 0 radical (unpaired) electrons. The maximum Gasteiger partial charge on any atom is 0.247 e. The fourth-order valence-corrected chi connectivity index (χ4v) is 2.54. The minimum absolute atomic E-state index is 0.114. The average molecular weight is 297 g/mol. The number of carbonyl (C=O) groups is 1. The Labute approximate surface area is 110 Å². The van der Waals surface area contributed by atoms with Crippen LogP contribution in [0.5, 0.6) is 0 Å². The highest BCUT2D eigenvalue weighted by Crippen LogP contribution is 2.30. The molecule has 0 aromatic heterocycles. The summed E-state index contributed by atoms with van der Waals surface area (Å²) < 4.78 is 0.956. The van der Waals surface area contributed by atoms with Gasteiger partial charge in [0.15, 0.2) is 0 Å². The highest BCUT2D eigenvalue weighted by atomic mass is 79.9. The van der Waals surface area contributed by atoms with Crippen molar-refractivity contribution in [3.8, 4) is 0 Å². The van der Waals surface area contributed by atoms with Gasteiger partial charge >= 0.3 is 0 Å². The van der Waals surface area contributed by atoms with E-state index < -0.39 is 5.54 Å². The fourth-order valence-electron chi connectivity index (χ4n) is 2.06. The van der Waals surface area contributed by atoms with Crippen molar-refractivity contribution in [2.75, 3.05) is 11.4 Å². The summed E-state index contributed by atoms with van der Waals surface area (Å²) >= 11 is 3.51. The number of benzene rings is 1. The van der Waals surface area contributed by atoms with Gasteiger partial charge in [-0.2, -0.15) is 0 Å². The number of anilines is 1. The number of nitrogens with zero attached hydrogens (tertiary/aromatic N) is 1. The second kappa shape index (κ2) is 4.42. The Morgan fingerprint density at radius 1 is 1.41 bits per heavy atom. The van der Waals surface area contributed by atoms with Crippen molar-refractivity contribution in [1.82, 2.24) is 5.32 Å². The summed E-state index contributed by atoms with van der Waals surface area (Å²) in [6, 6.07) is 8.00. The van der Waals surface area contributed by atoms with Crippen molar-refractivity contribution in [1.29, 1.82) is 0 Å². The van der Waals surface area contributed by atoms with E-state index in [2.05, 4.69) is 28.2 Å². The van der Waals surface area contributed by atoms with Crippen LogP contribution in [0.15, 0.2) is 28.7 Å². The van der Waals surface area contributed by atoms with Crippen LogP contribution in [0, 0.1) is 0 Å². The number of carbonyl (C=O) groups excluding carboxylic acids is 1. The summed E-state index contributed by atoms with van der Waals surface area (Å²) in [6.07, 6.45) is 0. The molecule has 1 atom stereocenters. The smallest absolute Gasteiger partial charge is 0.247 e. The van der Waals surface area contributed by atoms with E-state index in [1.807, 2.05) is 43.0 Å². The van der Waals surface area contributed by atoms with Gasteiger partial charge in [0.1, 0.15) is 0 Å². The van der Waals surface area contributed by atoms with Crippen molar-refractivity contribution >= 4 is 27.5 Å². The first-order valence-corrected chi connectivity index (χ1v) is 6.56. The third-order valence-electron chi connectivity index (χ3n) is 3.15. The monoisotopic (exact) mass is 296 g/mol. The zero-order valence-corrected chi connectivity index (χ0v) is 11.9. The molecule has 0 saturated carbocycles. The Hall–Kier alpha value is -0.870. The third-order valence-corrected chi connectivity index (χ3v) is 3.82. The number of para-hydroxylation sites is 1. The summed E-state index contributed by atoms with van der Waals surface area (Å²) in [5, 5.41) is 3.27. The van der Waals surface area contributed by atoms with Crippen molar-refractivity contribution < 1.29 is 4.79 Å². The molecule has 1 aromatic carbocycles. The lowest BCUT2D eigenvalue weighted by Gasteiger charge is -2.42. The predicted molar refractivity (Wildman–Crippen MR) is 73.2 cm³/mol. The summed E-state index contributed by atoms with van der Waals surface area (Å²) in [5.74, 6) is 0.114. The molecule has 17 heavy (non-hydrogen) atoms. The lowest BCUT2D eigenvalue weighted by molar-refractivity contribution is -0.125. The number of hydrogen-bond donors (Lipinski definition) is 1. The normalized spacial score (nSPS) is 23.9. The summed E-state index contributed by atoms with van der Waals surface area (Å²) in [7, 11) is 0. The molecule has 2 rings (SSSR count). The van der Waals surface area contributed by atoms with Crippen molar-refractivity contribution in [3.05, 3.63) is 28.7 Å². The van der Waals surface area contributed by atoms with E-state index in [-0.39, 0.29) is 11.9 Å². The van der Waals surface area contributed by atoms with Crippen LogP contribution in [0.3, 0.4) is 0 Å². The van der Waals surface area contributed by atoms with Crippen LogP contribution in [0.2, 0.25) is 0 Å². The van der Waals surface area contributed by atoms with Gasteiger partial charge in [-0.3, -0.25) is 4.79 Å². The molecule has 1 unspecified atom stereocenters. The van der Waals surface area contributed by atoms with Gasteiger partial charge in [-0.1, -0.05) is 12.1 Å². The van der Waals surface area contributed by atoms with Gasteiger partial charge in [0.05, 0.1) is 11.2 Å². The lowest BCUT2D eigenvalue weighted by Crippen LogP contribution is -2.65. The molecular weight excluding hydrogens is 280 g/mol. The van der Waals surface area contributed by atoms with Gasteiger partial charge < -0.3 is 10.2 Å². The molecule has 92 valence electrons. The van der Waals surface area contributed by atoms with Crippen LogP contribution in [-0.2, 0) is 4.79 Å². The second-order valence-electron chi connectivity index (χ2n) is 4.98. The highest BCUT2D eigenvalue weighted by Gasteiger charge is 2.39. The lowest BCUT2D eigenvalue weighted by atomic mass is 9.97. The molecule has 4 heteroatoms. The van der Waals surface area contributed by atoms with Crippen LogP contribution < -0.4 is 10.2 Å². The molecule has 0 spiro atoms. The van der Waals surface area contributed by atoms with Crippen LogP contribution in [0.4, 0.5) is 5.69 Å². The Kier molecular flexibility index (Phi) is 3.27. The summed E-state index contributed by atoms with van der Waals surface area (Å²) in [4.78, 5) is 14.3. The minimum Gasteiger partial charge on any atom is -0.306 e. The molecule has 1 amide bonds. The van der Waals surface area contributed by atoms with Crippen molar-refractivity contribution in [2.45, 2.75) is 32.4 Å². The topological polar surface area (TPSA) is 32.3 Å². The van der Waals surface area contributed by atoms with E-state index in [1.54, 1.807) is 0 Å². The van der Waals surface area contributed by atoms with Gasteiger partial charge in [0, 0.05) is 17.1 Å². The Balaban J connectivity index is 2.42. The highest BCUT2D eigenvalue weighted by molar-refractivity contribution is 9.10. The van der Waals surface area contributed by atoms with E-state index >= 15 is 0 Å². The fraction of sp³-hybridized carbons (Fsp3) is 0.462. The SMILES string of the molecule is CC1CNC(C)(C)C(=O)N1c1ccccc1Br. The zero-order valence-electron chi connectivity index (χ0n) is 10.3. The van der Waals surface area contributed by atoms with E-state index in [0.717, 1.165) is 16.7 Å². The maximum absolute atomic E-state index is 12.5. The number of hydrogen-bond acceptors (Lipinski definition) is 2. The van der Waals surface area contributed by atoms with Gasteiger partial charge in [0.25, 0.3) is 0 Å². The maximum atomic E-state index is 12.5. The molecule has 1 aliphatic heterocycles. The molecule has 1 N–H and O–H groups in total. The largest absolute Gasteiger partial charge is 0.306 e. The molecule has 1 saturated heterocycles. The van der Waals surface area contributed by atoms with Gasteiger partial charge in [-0.05, 0) is 48.8 Å². The molecule has 1 heterocycles. The van der Waals surface area contributed by atoms with Crippen LogP contribution in [0.1, 0.15) is 20.8 Å². The molecule has 1 aromatic rings. The average Bonchev–Trinajstić information content (AvgIpc) is 2.27. The minimum atomic E-state index is -0.498. The number of amides is 1. The summed E-state index contributed by atoms with van der Waals surface area (Å²) in [6.45, 7) is 6.70. The Bertz CT molecular complexity index is 445. The Morgan fingerprint density at radius 2 is 2.06 bits per heavy atom. The number of nitrogens with one attached hydrogen (secondary N) is 1. The molecular formula is C13H17BrN2O. The van der Waals surface area contributed by atoms with Crippen LogP contribution in [-0.4, -0.2) is 24.0 Å². The predicted octanol–water partition coefficient (Wildman–Crippen LogP) is 2.55. The van der Waals surface area contributed by atoms with E-state index in [9.17, 15) is 4.79 Å². The molecule has 1 aliphatic rings. The zero-order chi connectivity index (χ0) is 12.6. The van der Waals surface area contributed by atoms with E-state index in [0.29, 0.717) is 0 Å². The molecule has 3 nitrogen and oxygen atoms in total. The van der Waals surface area contributed by atoms with Crippen molar-refractivity contribution in [3.63, 3.8) is 0 Å². The van der Waals surface area contributed by atoms with E-state index in [4.69, 9.17) is 0 Å². The van der Waals surface area contributed by atoms with Crippen molar-refractivity contribution in [2.24, 2.45) is 0 Å². The van der Waals surface area contributed by atoms with Crippen LogP contribution in [0.25, 0.3) is 0 Å².